The van der Waals surface area contributed by atoms with Gasteiger partial charge in [0.2, 0.25) is 5.91 Å². The zero-order valence-corrected chi connectivity index (χ0v) is 14.3. The number of piperidine rings is 1. The number of carbonyl (C=O) groups is 1. The van der Waals surface area contributed by atoms with E-state index in [0.717, 1.165) is 22.4 Å². The van der Waals surface area contributed by atoms with Gasteiger partial charge in [-0.15, -0.1) is 0 Å². The molecule has 2 aromatic carbocycles. The van der Waals surface area contributed by atoms with E-state index in [0.29, 0.717) is 12.8 Å². The minimum Gasteiger partial charge on any atom is -0.320 e. The highest BCUT2D eigenvalue weighted by molar-refractivity contribution is 5.81. The van der Waals surface area contributed by atoms with Crippen LogP contribution in [0.2, 0.25) is 0 Å². The van der Waals surface area contributed by atoms with Gasteiger partial charge < -0.3 is 4.90 Å². The van der Waals surface area contributed by atoms with Crippen molar-refractivity contribution >= 4 is 5.91 Å². The molecular weight excluding hydrogens is 315 g/mol. The number of hydrogen-bond donors (Lipinski definition) is 0. The lowest BCUT2D eigenvalue weighted by atomic mass is 9.73. The molecule has 0 spiro atoms. The fourth-order valence-corrected chi connectivity index (χ4v) is 3.33. The van der Waals surface area contributed by atoms with Gasteiger partial charge in [-0.25, -0.2) is 4.39 Å². The molecule has 1 fully saturated rings. The minimum absolute atomic E-state index is 0.0250. The second kappa shape index (κ2) is 6.18. The zero-order valence-electron chi connectivity index (χ0n) is 14.3. The highest BCUT2D eigenvalue weighted by Crippen LogP contribution is 2.40. The van der Waals surface area contributed by atoms with Crippen LogP contribution in [0.3, 0.4) is 0 Å². The van der Waals surface area contributed by atoms with E-state index in [9.17, 15) is 9.18 Å². The van der Waals surface area contributed by atoms with Crippen molar-refractivity contribution in [2.24, 2.45) is 0 Å². The number of carbonyl (C=O) groups excluding carboxylic acids is 1. The molecule has 0 aliphatic carbocycles. The molecule has 1 atom stereocenters. The van der Waals surface area contributed by atoms with Gasteiger partial charge in [-0.05, 0) is 35.2 Å². The number of nitrogens with zero attached hydrogens (tertiary/aromatic N) is 2. The second-order valence-electron chi connectivity index (χ2n) is 6.82. The molecule has 1 aliphatic rings. The van der Waals surface area contributed by atoms with Crippen LogP contribution in [0.15, 0.2) is 54.7 Å². The van der Waals surface area contributed by atoms with Crippen molar-refractivity contribution in [1.29, 1.82) is 5.26 Å². The summed E-state index contributed by atoms with van der Waals surface area (Å²) in [5, 5.41) is 9.03. The van der Waals surface area contributed by atoms with Crippen molar-refractivity contribution < 1.29 is 9.18 Å². The van der Waals surface area contributed by atoms with Crippen LogP contribution in [0.25, 0.3) is 11.1 Å². The highest BCUT2D eigenvalue weighted by atomic mass is 19.1. The van der Waals surface area contributed by atoms with Gasteiger partial charge in [-0.2, -0.15) is 5.26 Å². The van der Waals surface area contributed by atoms with E-state index in [2.05, 4.69) is 13.5 Å². The number of rotatable bonds is 2. The third kappa shape index (κ3) is 3.06. The van der Waals surface area contributed by atoms with Gasteiger partial charge in [0, 0.05) is 24.6 Å². The Balaban J connectivity index is 2.01. The molecule has 0 unspecified atom stereocenters. The third-order valence-electron chi connectivity index (χ3n) is 4.96. The van der Waals surface area contributed by atoms with Crippen molar-refractivity contribution in [1.82, 2.24) is 4.90 Å². The van der Waals surface area contributed by atoms with Crippen LogP contribution in [0, 0.1) is 17.1 Å². The Labute approximate surface area is 147 Å². The summed E-state index contributed by atoms with van der Waals surface area (Å²) in [5.41, 5.74) is 3.22. The zero-order chi connectivity index (χ0) is 18.2. The van der Waals surface area contributed by atoms with E-state index < -0.39 is 5.82 Å². The van der Waals surface area contributed by atoms with Crippen LogP contribution in [0.4, 0.5) is 4.39 Å². The molecule has 2 aromatic rings. The summed E-state index contributed by atoms with van der Waals surface area (Å²) in [6, 6.07) is 14.3. The number of amides is 1. The first-order valence-corrected chi connectivity index (χ1v) is 8.09. The Kier molecular flexibility index (Phi) is 4.18. The van der Waals surface area contributed by atoms with E-state index >= 15 is 0 Å². The number of likely N-dealkylation sites (tertiary alicyclic amines) is 1. The molecule has 4 heteroatoms. The van der Waals surface area contributed by atoms with Gasteiger partial charge in [0.15, 0.2) is 0 Å². The largest absolute Gasteiger partial charge is 0.320 e. The molecule has 1 aliphatic heterocycles. The average molecular weight is 334 g/mol. The maximum Gasteiger partial charge on any atom is 0.227 e. The summed E-state index contributed by atoms with van der Waals surface area (Å²) < 4.78 is 13.6. The topological polar surface area (TPSA) is 44.1 Å². The van der Waals surface area contributed by atoms with Gasteiger partial charge in [0.05, 0.1) is 5.56 Å². The Morgan fingerprint density at radius 1 is 1.20 bits per heavy atom. The molecule has 3 nitrogen and oxygen atoms in total. The standard InChI is InChI=1S/C21H19FN2O/c1-14-11-21(2,12-20(25)24(14)3)18-6-4-5-15(10-18)16-7-8-19(22)17(9-16)13-23/h4-10H,1,11-12H2,2-3H3/t21-/m0/s1. The van der Waals surface area contributed by atoms with Crippen molar-refractivity contribution in [3.8, 4) is 17.2 Å². The summed E-state index contributed by atoms with van der Waals surface area (Å²) in [6.07, 6.45) is 1.12. The number of nitriles is 1. The lowest BCUT2D eigenvalue weighted by molar-refractivity contribution is -0.131. The first-order valence-electron chi connectivity index (χ1n) is 8.09. The molecule has 1 saturated heterocycles. The van der Waals surface area contributed by atoms with E-state index in [1.54, 1.807) is 24.1 Å². The molecule has 0 aromatic heterocycles. The first-order chi connectivity index (χ1) is 11.8. The van der Waals surface area contributed by atoms with Crippen LogP contribution >= 0.6 is 0 Å². The van der Waals surface area contributed by atoms with Crippen LogP contribution < -0.4 is 0 Å². The summed E-state index contributed by atoms with van der Waals surface area (Å²) >= 11 is 0. The van der Waals surface area contributed by atoms with Crippen molar-refractivity contribution in [2.45, 2.75) is 25.2 Å². The Hall–Kier alpha value is -2.93. The maximum absolute atomic E-state index is 13.6. The minimum atomic E-state index is -0.522. The normalized spacial score (nSPS) is 20.5. The van der Waals surface area contributed by atoms with E-state index in [-0.39, 0.29) is 16.9 Å². The van der Waals surface area contributed by atoms with Crippen molar-refractivity contribution in [3.63, 3.8) is 0 Å². The molecule has 0 saturated carbocycles. The fourth-order valence-electron chi connectivity index (χ4n) is 3.33. The van der Waals surface area contributed by atoms with E-state index in [1.165, 1.54) is 6.07 Å². The van der Waals surface area contributed by atoms with Gasteiger partial charge in [0.25, 0.3) is 0 Å². The van der Waals surface area contributed by atoms with Crippen LogP contribution in [0.1, 0.15) is 30.9 Å². The molecule has 0 bridgehead atoms. The van der Waals surface area contributed by atoms with Gasteiger partial charge >= 0.3 is 0 Å². The Bertz CT molecular complexity index is 892. The molecule has 0 N–H and O–H groups in total. The van der Waals surface area contributed by atoms with Gasteiger partial charge in [0.1, 0.15) is 11.9 Å². The fraction of sp³-hybridized carbons (Fsp3) is 0.238. The van der Waals surface area contributed by atoms with Gasteiger partial charge in [-0.3, -0.25) is 4.79 Å². The van der Waals surface area contributed by atoms with Crippen molar-refractivity contribution in [3.05, 3.63) is 71.7 Å². The molecule has 25 heavy (non-hydrogen) atoms. The van der Waals surface area contributed by atoms with E-state index in [4.69, 9.17) is 5.26 Å². The molecule has 3 rings (SSSR count). The first kappa shape index (κ1) is 16.9. The number of allylic oxidation sites excluding steroid dienone is 1. The lowest BCUT2D eigenvalue weighted by Gasteiger charge is -2.39. The molecular formula is C21H19FN2O. The SMILES string of the molecule is C=C1C[C@](C)(c2cccc(-c3ccc(F)c(C#N)c3)c2)CC(=O)N1C. The quantitative estimate of drug-likeness (QED) is 0.817. The van der Waals surface area contributed by atoms with Gasteiger partial charge in [-0.1, -0.05) is 43.8 Å². The Morgan fingerprint density at radius 3 is 2.60 bits per heavy atom. The van der Waals surface area contributed by atoms with Crippen LogP contribution in [0.5, 0.6) is 0 Å². The summed E-state index contributed by atoms with van der Waals surface area (Å²) in [4.78, 5) is 13.9. The highest BCUT2D eigenvalue weighted by Gasteiger charge is 2.37. The van der Waals surface area contributed by atoms with Crippen LogP contribution in [-0.4, -0.2) is 17.9 Å². The summed E-state index contributed by atoms with van der Waals surface area (Å²) in [5.74, 6) is -0.468. The Morgan fingerprint density at radius 2 is 1.92 bits per heavy atom. The van der Waals surface area contributed by atoms with Crippen molar-refractivity contribution in [2.75, 3.05) is 7.05 Å². The smallest absolute Gasteiger partial charge is 0.227 e. The monoisotopic (exact) mass is 334 g/mol. The van der Waals surface area contributed by atoms with Crippen LogP contribution in [-0.2, 0) is 10.2 Å². The molecule has 0 radical (unpaired) electrons. The molecule has 1 heterocycles. The molecule has 1 amide bonds. The lowest BCUT2D eigenvalue weighted by Crippen LogP contribution is -2.41. The third-order valence-corrected chi connectivity index (χ3v) is 4.96. The predicted molar refractivity (Wildman–Crippen MR) is 95.0 cm³/mol. The number of benzene rings is 2. The summed E-state index contributed by atoms with van der Waals surface area (Å²) in [7, 11) is 1.75. The average Bonchev–Trinajstić information content (AvgIpc) is 2.60. The maximum atomic E-state index is 13.6. The number of hydrogen-bond acceptors (Lipinski definition) is 2. The number of halogens is 1. The second-order valence-corrected chi connectivity index (χ2v) is 6.82. The predicted octanol–water partition coefficient (Wildman–Crippen LogP) is 4.39. The molecule has 126 valence electrons. The van der Waals surface area contributed by atoms with E-state index in [1.807, 2.05) is 30.3 Å². The summed E-state index contributed by atoms with van der Waals surface area (Å²) in [6.45, 7) is 6.07.